The number of hydrogen-bond donors (Lipinski definition) is 1. The Morgan fingerprint density at radius 1 is 1.47 bits per heavy atom. The Balaban J connectivity index is 2.74. The molecule has 1 aromatic rings. The maximum atomic E-state index is 11.2. The van der Waals surface area contributed by atoms with Crippen LogP contribution in [0.4, 0.5) is 5.69 Å². The van der Waals surface area contributed by atoms with Crippen LogP contribution in [0.5, 0.6) is 5.75 Å². The maximum Gasteiger partial charge on any atom is 0.250 e. The first-order valence-electron chi connectivity index (χ1n) is 4.29. The summed E-state index contributed by atoms with van der Waals surface area (Å²) in [5, 5.41) is 3.14. The van der Waals surface area contributed by atoms with Crippen molar-refractivity contribution in [1.82, 2.24) is 0 Å². The zero-order chi connectivity index (χ0) is 11.3. The lowest BCUT2D eigenvalue weighted by Gasteiger charge is -2.07. The van der Waals surface area contributed by atoms with Gasteiger partial charge in [0, 0.05) is 18.9 Å². The molecule has 0 unspecified atom stereocenters. The summed E-state index contributed by atoms with van der Waals surface area (Å²) in [6.45, 7) is 0.0188. The normalized spacial score (nSPS) is 9.80. The van der Waals surface area contributed by atoms with Crippen molar-refractivity contribution in [2.75, 3.05) is 26.1 Å². The number of halogens is 1. The third kappa shape index (κ3) is 3.42. The number of anilines is 1. The number of hydrogen-bond acceptors (Lipinski definition) is 3. The Hall–Kier alpha value is -1.26. The highest BCUT2D eigenvalue weighted by Crippen LogP contribution is 2.27. The van der Waals surface area contributed by atoms with E-state index in [1.165, 1.54) is 14.2 Å². The third-order valence-corrected chi connectivity index (χ3v) is 2.02. The van der Waals surface area contributed by atoms with E-state index in [4.69, 9.17) is 16.3 Å². The molecule has 0 fully saturated rings. The van der Waals surface area contributed by atoms with Gasteiger partial charge in [0.15, 0.2) is 0 Å². The van der Waals surface area contributed by atoms with Crippen molar-refractivity contribution >= 4 is 23.2 Å². The average Bonchev–Trinajstić information content (AvgIpc) is 2.21. The Morgan fingerprint density at radius 3 is 2.80 bits per heavy atom. The van der Waals surface area contributed by atoms with Crippen LogP contribution < -0.4 is 10.1 Å². The summed E-state index contributed by atoms with van der Waals surface area (Å²) < 4.78 is 9.70. The number of amides is 1. The standard InChI is InChI=1S/C10H12ClNO3/c1-14-6-10(13)12-7-3-4-8(11)9(5-7)15-2/h3-5H,6H2,1-2H3,(H,12,13). The Morgan fingerprint density at radius 2 is 2.20 bits per heavy atom. The van der Waals surface area contributed by atoms with Gasteiger partial charge in [0.25, 0.3) is 0 Å². The summed E-state index contributed by atoms with van der Waals surface area (Å²) in [7, 11) is 2.98. The number of ether oxygens (including phenoxy) is 2. The first kappa shape index (κ1) is 11.8. The van der Waals surface area contributed by atoms with Crippen LogP contribution in [0, 0.1) is 0 Å². The van der Waals surface area contributed by atoms with Crippen molar-refractivity contribution in [2.45, 2.75) is 0 Å². The first-order chi connectivity index (χ1) is 7.17. The van der Waals surface area contributed by atoms with Crippen LogP contribution in [-0.2, 0) is 9.53 Å². The predicted molar refractivity (Wildman–Crippen MR) is 58.5 cm³/mol. The van der Waals surface area contributed by atoms with Gasteiger partial charge in [0.1, 0.15) is 12.4 Å². The average molecular weight is 230 g/mol. The Bertz CT molecular complexity index is 355. The van der Waals surface area contributed by atoms with Crippen LogP contribution in [0.25, 0.3) is 0 Å². The van der Waals surface area contributed by atoms with Crippen LogP contribution in [0.2, 0.25) is 5.02 Å². The van der Waals surface area contributed by atoms with Crippen molar-refractivity contribution in [3.8, 4) is 5.75 Å². The van der Waals surface area contributed by atoms with Gasteiger partial charge < -0.3 is 14.8 Å². The number of rotatable bonds is 4. The minimum Gasteiger partial charge on any atom is -0.495 e. The van der Waals surface area contributed by atoms with E-state index in [-0.39, 0.29) is 12.5 Å². The molecule has 0 aliphatic rings. The number of methoxy groups -OCH3 is 2. The summed E-state index contributed by atoms with van der Waals surface area (Å²) in [4.78, 5) is 11.2. The second-order valence-electron chi connectivity index (χ2n) is 2.83. The SMILES string of the molecule is COCC(=O)Nc1ccc(Cl)c(OC)c1. The molecule has 1 amide bonds. The molecule has 82 valence electrons. The quantitative estimate of drug-likeness (QED) is 0.858. The highest BCUT2D eigenvalue weighted by atomic mass is 35.5. The van der Waals surface area contributed by atoms with Crippen LogP contribution in [0.1, 0.15) is 0 Å². The van der Waals surface area contributed by atoms with E-state index in [0.29, 0.717) is 16.5 Å². The van der Waals surface area contributed by atoms with E-state index in [1.807, 2.05) is 0 Å². The lowest BCUT2D eigenvalue weighted by molar-refractivity contribution is -0.119. The third-order valence-electron chi connectivity index (χ3n) is 1.71. The van der Waals surface area contributed by atoms with Gasteiger partial charge in [0.05, 0.1) is 12.1 Å². The molecule has 1 aromatic carbocycles. The molecule has 0 aliphatic heterocycles. The smallest absolute Gasteiger partial charge is 0.250 e. The molecule has 0 aliphatic carbocycles. The molecule has 0 atom stereocenters. The molecule has 4 nitrogen and oxygen atoms in total. The largest absolute Gasteiger partial charge is 0.495 e. The lowest BCUT2D eigenvalue weighted by atomic mass is 10.3. The number of carbonyl (C=O) groups is 1. The van der Waals surface area contributed by atoms with Crippen molar-refractivity contribution in [2.24, 2.45) is 0 Å². The van der Waals surface area contributed by atoms with Crippen LogP contribution >= 0.6 is 11.6 Å². The molecule has 1 N–H and O–H groups in total. The zero-order valence-electron chi connectivity index (χ0n) is 8.54. The molecule has 0 heterocycles. The Labute approximate surface area is 93.1 Å². The number of carbonyl (C=O) groups excluding carboxylic acids is 1. The summed E-state index contributed by atoms with van der Waals surface area (Å²) >= 11 is 5.83. The molecule has 0 aromatic heterocycles. The van der Waals surface area contributed by atoms with Crippen molar-refractivity contribution in [3.05, 3.63) is 23.2 Å². The molecular formula is C10H12ClNO3. The zero-order valence-corrected chi connectivity index (χ0v) is 9.30. The van der Waals surface area contributed by atoms with E-state index in [0.717, 1.165) is 0 Å². The summed E-state index contributed by atoms with van der Waals surface area (Å²) in [6, 6.07) is 5.00. The summed E-state index contributed by atoms with van der Waals surface area (Å²) in [5.74, 6) is 0.300. The van der Waals surface area contributed by atoms with Crippen LogP contribution in [0.3, 0.4) is 0 Å². The topological polar surface area (TPSA) is 47.6 Å². The molecule has 5 heteroatoms. The van der Waals surface area contributed by atoms with E-state index < -0.39 is 0 Å². The van der Waals surface area contributed by atoms with Gasteiger partial charge in [-0.1, -0.05) is 11.6 Å². The van der Waals surface area contributed by atoms with Gasteiger partial charge in [-0.25, -0.2) is 0 Å². The van der Waals surface area contributed by atoms with Crippen molar-refractivity contribution in [1.29, 1.82) is 0 Å². The molecule has 0 saturated carbocycles. The van der Waals surface area contributed by atoms with E-state index in [9.17, 15) is 4.79 Å². The fourth-order valence-electron chi connectivity index (χ4n) is 1.07. The molecule has 0 radical (unpaired) electrons. The molecule has 1 rings (SSSR count). The minimum atomic E-state index is -0.220. The van der Waals surface area contributed by atoms with Gasteiger partial charge in [-0.3, -0.25) is 4.79 Å². The van der Waals surface area contributed by atoms with Gasteiger partial charge in [-0.05, 0) is 12.1 Å². The summed E-state index contributed by atoms with van der Waals surface area (Å²) in [6.07, 6.45) is 0. The minimum absolute atomic E-state index is 0.0188. The van der Waals surface area contributed by atoms with Gasteiger partial charge >= 0.3 is 0 Å². The fourth-order valence-corrected chi connectivity index (χ4v) is 1.26. The second kappa shape index (κ2) is 5.58. The van der Waals surface area contributed by atoms with Crippen LogP contribution in [-0.4, -0.2) is 26.7 Å². The predicted octanol–water partition coefficient (Wildman–Crippen LogP) is 1.93. The highest BCUT2D eigenvalue weighted by molar-refractivity contribution is 6.32. The van der Waals surface area contributed by atoms with Crippen molar-refractivity contribution in [3.63, 3.8) is 0 Å². The van der Waals surface area contributed by atoms with Gasteiger partial charge in [-0.2, -0.15) is 0 Å². The first-order valence-corrected chi connectivity index (χ1v) is 4.67. The van der Waals surface area contributed by atoms with E-state index >= 15 is 0 Å². The van der Waals surface area contributed by atoms with E-state index in [1.54, 1.807) is 18.2 Å². The van der Waals surface area contributed by atoms with Crippen molar-refractivity contribution < 1.29 is 14.3 Å². The lowest BCUT2D eigenvalue weighted by Crippen LogP contribution is -2.17. The van der Waals surface area contributed by atoms with E-state index in [2.05, 4.69) is 10.1 Å². The maximum absolute atomic E-state index is 11.2. The van der Waals surface area contributed by atoms with Crippen LogP contribution in [0.15, 0.2) is 18.2 Å². The highest BCUT2D eigenvalue weighted by Gasteiger charge is 2.04. The second-order valence-corrected chi connectivity index (χ2v) is 3.24. The molecule has 0 spiro atoms. The molecule has 15 heavy (non-hydrogen) atoms. The summed E-state index contributed by atoms with van der Waals surface area (Å²) in [5.41, 5.74) is 0.623. The van der Waals surface area contributed by atoms with Gasteiger partial charge in [-0.15, -0.1) is 0 Å². The molecular weight excluding hydrogens is 218 g/mol. The number of benzene rings is 1. The fraction of sp³-hybridized carbons (Fsp3) is 0.300. The van der Waals surface area contributed by atoms with Gasteiger partial charge in [0.2, 0.25) is 5.91 Å². The molecule has 0 bridgehead atoms. The number of nitrogens with one attached hydrogen (secondary N) is 1. The molecule has 0 saturated heterocycles. The Kier molecular flexibility index (Phi) is 4.39. The monoisotopic (exact) mass is 229 g/mol.